The molecular formula is C22H25NO3. The number of fused-ring (bicyclic) bond motifs is 2. The van der Waals surface area contributed by atoms with E-state index >= 15 is 0 Å². The molecule has 2 aromatic carbocycles. The number of carboxylic acids is 1. The van der Waals surface area contributed by atoms with Gasteiger partial charge in [0.2, 0.25) is 0 Å². The molecule has 0 amide bonds. The van der Waals surface area contributed by atoms with Crippen LogP contribution in [0.4, 0.5) is 0 Å². The lowest BCUT2D eigenvalue weighted by Gasteiger charge is -2.17. The number of aromatic carboxylic acids is 1. The van der Waals surface area contributed by atoms with Crippen LogP contribution in [0.2, 0.25) is 0 Å². The van der Waals surface area contributed by atoms with E-state index in [2.05, 4.69) is 37.0 Å². The van der Waals surface area contributed by atoms with Crippen molar-refractivity contribution in [3.05, 3.63) is 70.8 Å². The van der Waals surface area contributed by atoms with Crippen LogP contribution in [-0.4, -0.2) is 35.6 Å². The van der Waals surface area contributed by atoms with Crippen LogP contribution in [0.3, 0.4) is 0 Å². The number of ether oxygens (including phenoxy) is 1. The fourth-order valence-corrected chi connectivity index (χ4v) is 3.36. The monoisotopic (exact) mass is 351 g/mol. The van der Waals surface area contributed by atoms with Gasteiger partial charge in [-0.05, 0) is 54.4 Å². The normalized spacial score (nSPS) is 14.5. The van der Waals surface area contributed by atoms with E-state index in [0.29, 0.717) is 6.61 Å². The first kappa shape index (κ1) is 18.2. The first-order valence-electron chi connectivity index (χ1n) is 9.15. The van der Waals surface area contributed by atoms with E-state index in [1.165, 1.54) is 0 Å². The maximum atomic E-state index is 11.4. The van der Waals surface area contributed by atoms with Crippen molar-refractivity contribution in [1.29, 1.82) is 0 Å². The van der Waals surface area contributed by atoms with Crippen molar-refractivity contribution in [2.75, 3.05) is 19.6 Å². The average Bonchev–Trinajstić information content (AvgIpc) is 2.82. The van der Waals surface area contributed by atoms with Gasteiger partial charge in [-0.15, -0.1) is 0 Å². The molecule has 1 aliphatic heterocycles. The Morgan fingerprint density at radius 3 is 2.65 bits per heavy atom. The molecule has 1 aliphatic rings. The summed E-state index contributed by atoms with van der Waals surface area (Å²) in [6, 6.07) is 13.3. The minimum absolute atomic E-state index is 0.279. The number of rotatable bonds is 6. The van der Waals surface area contributed by atoms with Crippen LogP contribution in [0.15, 0.2) is 48.5 Å². The Hall–Kier alpha value is -2.59. The van der Waals surface area contributed by atoms with Crippen LogP contribution in [0.1, 0.15) is 47.3 Å². The Labute approximate surface area is 154 Å². The predicted molar refractivity (Wildman–Crippen MR) is 104 cm³/mol. The largest absolute Gasteiger partial charge is 0.488 e. The number of benzene rings is 2. The summed E-state index contributed by atoms with van der Waals surface area (Å²) in [5, 5.41) is 9.38. The standard InChI is InChI=1S/C22H25NO3/c1-3-23(4-2)13-7-10-19-18-9-6-5-8-17(18)15-26-21-12-11-16(22(24)25)14-20(19)21/h5-6,8-12,14H,3-4,7,13,15H2,1-2H3,(H,24,25). The number of hydrogen-bond donors (Lipinski definition) is 1. The molecule has 0 saturated carbocycles. The number of nitrogens with zero attached hydrogens (tertiary/aromatic N) is 1. The molecule has 2 aromatic rings. The van der Waals surface area contributed by atoms with E-state index in [1.54, 1.807) is 18.2 Å². The number of carboxylic acid groups (broad SMARTS) is 1. The number of hydrogen-bond acceptors (Lipinski definition) is 3. The van der Waals surface area contributed by atoms with Gasteiger partial charge in [0.05, 0.1) is 5.56 Å². The Morgan fingerprint density at radius 1 is 1.15 bits per heavy atom. The lowest BCUT2D eigenvalue weighted by Crippen LogP contribution is -2.23. The first-order valence-corrected chi connectivity index (χ1v) is 9.15. The molecule has 0 fully saturated rings. The Balaban J connectivity index is 2.05. The molecule has 1 N–H and O–H groups in total. The van der Waals surface area contributed by atoms with Crippen molar-refractivity contribution in [1.82, 2.24) is 4.90 Å². The fourth-order valence-electron chi connectivity index (χ4n) is 3.36. The van der Waals surface area contributed by atoms with Gasteiger partial charge in [0, 0.05) is 12.1 Å². The molecule has 0 atom stereocenters. The van der Waals surface area contributed by atoms with Crippen LogP contribution in [0, 0.1) is 0 Å². The smallest absolute Gasteiger partial charge is 0.335 e. The summed E-state index contributed by atoms with van der Waals surface area (Å²) in [5.74, 6) is -0.187. The lowest BCUT2D eigenvalue weighted by atomic mass is 9.92. The van der Waals surface area contributed by atoms with Gasteiger partial charge < -0.3 is 14.7 Å². The van der Waals surface area contributed by atoms with Gasteiger partial charge in [0.15, 0.2) is 0 Å². The third-order valence-electron chi connectivity index (χ3n) is 4.90. The van der Waals surface area contributed by atoms with Crippen LogP contribution in [-0.2, 0) is 6.61 Å². The van der Waals surface area contributed by atoms with Gasteiger partial charge >= 0.3 is 5.97 Å². The van der Waals surface area contributed by atoms with E-state index in [0.717, 1.165) is 54.1 Å². The molecule has 4 heteroatoms. The zero-order valence-corrected chi connectivity index (χ0v) is 15.4. The highest BCUT2D eigenvalue weighted by Crippen LogP contribution is 2.37. The second-order valence-electron chi connectivity index (χ2n) is 6.40. The molecular weight excluding hydrogens is 326 g/mol. The summed E-state index contributed by atoms with van der Waals surface area (Å²) in [6.07, 6.45) is 3.12. The highest BCUT2D eigenvalue weighted by Gasteiger charge is 2.20. The third kappa shape index (κ3) is 3.81. The van der Waals surface area contributed by atoms with Crippen molar-refractivity contribution in [2.45, 2.75) is 26.9 Å². The van der Waals surface area contributed by atoms with E-state index < -0.39 is 5.97 Å². The molecule has 1 heterocycles. The quantitative estimate of drug-likeness (QED) is 0.836. The maximum Gasteiger partial charge on any atom is 0.335 e. The summed E-state index contributed by atoms with van der Waals surface area (Å²) in [5.41, 5.74) is 4.43. The zero-order chi connectivity index (χ0) is 18.5. The molecule has 0 radical (unpaired) electrons. The number of carbonyl (C=O) groups is 1. The van der Waals surface area contributed by atoms with Crippen LogP contribution >= 0.6 is 0 Å². The predicted octanol–water partition coefficient (Wildman–Crippen LogP) is 4.44. The second-order valence-corrected chi connectivity index (χ2v) is 6.40. The van der Waals surface area contributed by atoms with E-state index in [4.69, 9.17) is 4.74 Å². The summed E-state index contributed by atoms with van der Waals surface area (Å²) >= 11 is 0. The minimum Gasteiger partial charge on any atom is -0.488 e. The highest BCUT2D eigenvalue weighted by atomic mass is 16.5. The van der Waals surface area contributed by atoms with E-state index in [-0.39, 0.29) is 5.56 Å². The minimum atomic E-state index is -0.923. The summed E-state index contributed by atoms with van der Waals surface area (Å²) in [7, 11) is 0. The molecule has 3 rings (SSSR count). The summed E-state index contributed by atoms with van der Waals surface area (Å²) in [6.45, 7) is 7.86. The summed E-state index contributed by atoms with van der Waals surface area (Å²) < 4.78 is 5.97. The van der Waals surface area contributed by atoms with E-state index in [9.17, 15) is 9.90 Å². The SMILES string of the molecule is CCN(CC)CCC=C1c2ccccc2COc2ccc(C(=O)O)cc21. The maximum absolute atomic E-state index is 11.4. The molecule has 4 nitrogen and oxygen atoms in total. The lowest BCUT2D eigenvalue weighted by molar-refractivity contribution is 0.0697. The van der Waals surface area contributed by atoms with Crippen molar-refractivity contribution in [3.8, 4) is 5.75 Å². The molecule has 26 heavy (non-hydrogen) atoms. The van der Waals surface area contributed by atoms with Gasteiger partial charge in [-0.3, -0.25) is 0 Å². The Kier molecular flexibility index (Phi) is 5.74. The molecule has 0 aliphatic carbocycles. The van der Waals surface area contributed by atoms with Crippen LogP contribution in [0.5, 0.6) is 5.75 Å². The Morgan fingerprint density at radius 2 is 1.92 bits per heavy atom. The van der Waals surface area contributed by atoms with Crippen LogP contribution < -0.4 is 4.74 Å². The second kappa shape index (κ2) is 8.19. The Bertz CT molecular complexity index is 822. The van der Waals surface area contributed by atoms with Crippen molar-refractivity contribution in [3.63, 3.8) is 0 Å². The molecule has 136 valence electrons. The zero-order valence-electron chi connectivity index (χ0n) is 15.4. The van der Waals surface area contributed by atoms with Crippen molar-refractivity contribution >= 4 is 11.5 Å². The summed E-state index contributed by atoms with van der Waals surface area (Å²) in [4.78, 5) is 13.8. The molecule has 0 saturated heterocycles. The molecule has 0 unspecified atom stereocenters. The molecule has 0 spiro atoms. The van der Waals surface area contributed by atoms with Gasteiger partial charge in [-0.2, -0.15) is 0 Å². The molecule has 0 aromatic heterocycles. The van der Waals surface area contributed by atoms with Crippen molar-refractivity contribution in [2.24, 2.45) is 0 Å². The van der Waals surface area contributed by atoms with Gasteiger partial charge in [-0.1, -0.05) is 44.2 Å². The van der Waals surface area contributed by atoms with Gasteiger partial charge in [0.1, 0.15) is 12.4 Å². The highest BCUT2D eigenvalue weighted by molar-refractivity contribution is 5.92. The fraction of sp³-hybridized carbons (Fsp3) is 0.318. The van der Waals surface area contributed by atoms with Crippen LogP contribution in [0.25, 0.3) is 5.57 Å². The van der Waals surface area contributed by atoms with E-state index in [1.807, 2.05) is 12.1 Å². The third-order valence-corrected chi connectivity index (χ3v) is 4.90. The first-order chi connectivity index (χ1) is 12.6. The van der Waals surface area contributed by atoms with Gasteiger partial charge in [-0.25, -0.2) is 4.79 Å². The van der Waals surface area contributed by atoms with Crippen molar-refractivity contribution < 1.29 is 14.6 Å². The molecule has 0 bridgehead atoms. The van der Waals surface area contributed by atoms with Gasteiger partial charge in [0.25, 0.3) is 0 Å². The topological polar surface area (TPSA) is 49.8 Å². The average molecular weight is 351 g/mol.